The van der Waals surface area contributed by atoms with E-state index in [-0.39, 0.29) is 29.2 Å². The fourth-order valence-corrected chi connectivity index (χ4v) is 4.58. The average Bonchev–Trinajstić information content (AvgIpc) is 3.08. The lowest BCUT2D eigenvalue weighted by atomic mass is 9.85. The van der Waals surface area contributed by atoms with Gasteiger partial charge in [0.25, 0.3) is 5.91 Å². The number of anilines is 2. The Morgan fingerprint density at radius 1 is 1.06 bits per heavy atom. The smallest absolute Gasteiger partial charge is 0.338 e. The Hall–Kier alpha value is -2.97. The van der Waals surface area contributed by atoms with Crippen LogP contribution >= 0.6 is 27.5 Å². The first-order chi connectivity index (χ1) is 15.8. The molecule has 1 aliphatic carbocycles. The van der Waals surface area contributed by atoms with Gasteiger partial charge in [0.1, 0.15) is 0 Å². The van der Waals surface area contributed by atoms with Gasteiger partial charge in [-0.1, -0.05) is 23.8 Å². The lowest BCUT2D eigenvalue weighted by Crippen LogP contribution is -2.30. The van der Waals surface area contributed by atoms with E-state index in [0.717, 1.165) is 0 Å². The number of benzene rings is 2. The van der Waals surface area contributed by atoms with E-state index in [2.05, 4.69) is 21.2 Å². The van der Waals surface area contributed by atoms with Crippen LogP contribution in [0, 0.1) is 18.8 Å². The van der Waals surface area contributed by atoms with Crippen LogP contribution in [0.3, 0.4) is 0 Å². The Morgan fingerprint density at radius 2 is 1.67 bits per heavy atom. The Balaban J connectivity index is 1.36. The highest BCUT2D eigenvalue weighted by molar-refractivity contribution is 9.10. The van der Waals surface area contributed by atoms with E-state index in [1.165, 1.54) is 29.2 Å². The predicted molar refractivity (Wildman–Crippen MR) is 127 cm³/mol. The van der Waals surface area contributed by atoms with Crippen molar-refractivity contribution >= 4 is 62.6 Å². The molecule has 1 N–H and O–H groups in total. The number of ether oxygens (including phenoxy) is 1. The van der Waals surface area contributed by atoms with Gasteiger partial charge in [-0.05, 0) is 77.7 Å². The van der Waals surface area contributed by atoms with Gasteiger partial charge >= 0.3 is 5.97 Å². The maximum Gasteiger partial charge on any atom is 0.338 e. The summed E-state index contributed by atoms with van der Waals surface area (Å²) in [6, 6.07) is 9.40. The number of nitrogens with zero attached hydrogens (tertiary/aromatic N) is 1. The van der Waals surface area contributed by atoms with Crippen molar-refractivity contribution in [2.24, 2.45) is 11.8 Å². The van der Waals surface area contributed by atoms with E-state index in [9.17, 15) is 19.2 Å². The van der Waals surface area contributed by atoms with Gasteiger partial charge in [-0.15, -0.1) is 0 Å². The molecule has 170 valence electrons. The van der Waals surface area contributed by atoms with E-state index in [4.69, 9.17) is 16.3 Å². The zero-order chi connectivity index (χ0) is 23.7. The minimum Gasteiger partial charge on any atom is -0.452 e. The van der Waals surface area contributed by atoms with Gasteiger partial charge in [-0.25, -0.2) is 4.79 Å². The van der Waals surface area contributed by atoms with Gasteiger partial charge in [0.2, 0.25) is 11.8 Å². The Labute approximate surface area is 203 Å². The molecule has 4 rings (SSSR count). The molecule has 2 aliphatic rings. The Bertz CT molecular complexity index is 1150. The second-order valence-electron chi connectivity index (χ2n) is 7.87. The number of fused-ring (bicyclic) bond motifs is 1. The maximum absolute atomic E-state index is 12.7. The van der Waals surface area contributed by atoms with Crippen LogP contribution in [-0.2, 0) is 19.1 Å². The van der Waals surface area contributed by atoms with Gasteiger partial charge in [-0.2, -0.15) is 0 Å². The second-order valence-corrected chi connectivity index (χ2v) is 9.11. The summed E-state index contributed by atoms with van der Waals surface area (Å²) < 4.78 is 5.80. The summed E-state index contributed by atoms with van der Waals surface area (Å²) in [4.78, 5) is 51.1. The number of rotatable bonds is 5. The highest BCUT2D eigenvalue weighted by Crippen LogP contribution is 2.37. The highest BCUT2D eigenvalue weighted by atomic mass is 79.9. The summed E-state index contributed by atoms with van der Waals surface area (Å²) in [5.74, 6) is -2.29. The number of halogens is 2. The molecule has 1 aliphatic heterocycles. The van der Waals surface area contributed by atoms with Gasteiger partial charge < -0.3 is 10.1 Å². The third-order valence-electron chi connectivity index (χ3n) is 5.82. The van der Waals surface area contributed by atoms with Gasteiger partial charge in [-0.3, -0.25) is 19.3 Å². The molecule has 7 nitrogen and oxygen atoms in total. The molecular weight excluding hydrogens is 512 g/mol. The van der Waals surface area contributed by atoms with Crippen molar-refractivity contribution in [3.63, 3.8) is 0 Å². The van der Waals surface area contributed by atoms with E-state index in [1.807, 2.05) is 12.2 Å². The van der Waals surface area contributed by atoms with E-state index in [0.29, 0.717) is 39.3 Å². The van der Waals surface area contributed by atoms with Crippen LogP contribution in [0.2, 0.25) is 5.02 Å². The summed E-state index contributed by atoms with van der Waals surface area (Å²) in [5, 5.41) is 3.14. The number of esters is 1. The van der Waals surface area contributed by atoms with Crippen LogP contribution in [0.1, 0.15) is 28.8 Å². The predicted octanol–water partition coefficient (Wildman–Crippen LogP) is 4.66. The first kappa shape index (κ1) is 23.2. The monoisotopic (exact) mass is 530 g/mol. The number of nitrogens with one attached hydrogen (secondary N) is 1. The molecule has 1 saturated heterocycles. The molecule has 2 atom stereocenters. The van der Waals surface area contributed by atoms with Crippen LogP contribution in [0.15, 0.2) is 53.0 Å². The third kappa shape index (κ3) is 4.58. The molecule has 1 heterocycles. The molecular formula is C24H20BrClN2O5. The maximum atomic E-state index is 12.7. The highest BCUT2D eigenvalue weighted by Gasteiger charge is 2.47. The lowest BCUT2D eigenvalue weighted by Gasteiger charge is -2.15. The molecule has 2 aromatic rings. The van der Waals surface area contributed by atoms with E-state index < -0.39 is 18.5 Å². The number of imide groups is 1. The summed E-state index contributed by atoms with van der Waals surface area (Å²) >= 11 is 9.47. The normalized spacial score (nSPS) is 19.4. The quantitative estimate of drug-likeness (QED) is 0.344. The molecule has 0 unspecified atom stereocenters. The first-order valence-corrected chi connectivity index (χ1v) is 11.5. The zero-order valence-electron chi connectivity index (χ0n) is 17.6. The molecule has 0 spiro atoms. The van der Waals surface area contributed by atoms with Crippen LogP contribution in [-0.4, -0.2) is 30.3 Å². The number of allylic oxidation sites excluding steroid dienone is 2. The fourth-order valence-electron chi connectivity index (χ4n) is 3.99. The van der Waals surface area contributed by atoms with Gasteiger partial charge in [0.05, 0.1) is 28.1 Å². The minimum atomic E-state index is -0.695. The Morgan fingerprint density at radius 3 is 2.27 bits per heavy atom. The van der Waals surface area contributed by atoms with Crippen molar-refractivity contribution in [3.8, 4) is 0 Å². The van der Waals surface area contributed by atoms with Crippen LogP contribution in [0.5, 0.6) is 0 Å². The summed E-state index contributed by atoms with van der Waals surface area (Å²) in [6.07, 6.45) is 4.98. The molecule has 0 saturated carbocycles. The summed E-state index contributed by atoms with van der Waals surface area (Å²) in [5.41, 5.74) is 1.82. The van der Waals surface area contributed by atoms with Gasteiger partial charge in [0, 0.05) is 10.2 Å². The fraction of sp³-hybridized carbons (Fsp3) is 0.250. The van der Waals surface area contributed by atoms with Crippen LogP contribution < -0.4 is 10.2 Å². The van der Waals surface area contributed by atoms with Crippen molar-refractivity contribution in [1.82, 2.24) is 0 Å². The van der Waals surface area contributed by atoms with E-state index in [1.54, 1.807) is 19.1 Å². The lowest BCUT2D eigenvalue weighted by molar-refractivity contribution is -0.122. The topological polar surface area (TPSA) is 92.8 Å². The third-order valence-corrected chi connectivity index (χ3v) is 7.19. The number of hydrogen-bond donors (Lipinski definition) is 1. The van der Waals surface area contributed by atoms with Crippen molar-refractivity contribution in [1.29, 1.82) is 0 Å². The molecule has 1 fully saturated rings. The molecule has 9 heteroatoms. The standard InChI is InChI=1S/C24H20BrClN2O5/c1-13-19(11-10-18(25)21(13)26)27-20(29)12-33-24(32)14-6-8-15(9-7-14)28-22(30)16-4-2-3-5-17(16)23(28)31/h2-3,6-11,16-17H,4-5,12H2,1H3,(H,27,29)/t16-,17+. The molecule has 2 aromatic carbocycles. The molecule has 0 radical (unpaired) electrons. The number of amides is 3. The molecule has 33 heavy (non-hydrogen) atoms. The SMILES string of the molecule is Cc1c(NC(=O)COC(=O)c2ccc(N3C(=O)[C@H]4CC=CC[C@H]4C3=O)cc2)ccc(Br)c1Cl. The van der Waals surface area contributed by atoms with Crippen molar-refractivity contribution in [3.05, 3.63) is 69.2 Å². The van der Waals surface area contributed by atoms with Gasteiger partial charge in [0.15, 0.2) is 6.61 Å². The number of hydrogen-bond acceptors (Lipinski definition) is 5. The van der Waals surface area contributed by atoms with Crippen LogP contribution in [0.4, 0.5) is 11.4 Å². The first-order valence-electron chi connectivity index (χ1n) is 10.3. The zero-order valence-corrected chi connectivity index (χ0v) is 20.0. The van der Waals surface area contributed by atoms with Crippen molar-refractivity contribution in [2.45, 2.75) is 19.8 Å². The van der Waals surface area contributed by atoms with Crippen LogP contribution in [0.25, 0.3) is 0 Å². The summed E-state index contributed by atoms with van der Waals surface area (Å²) in [7, 11) is 0. The largest absolute Gasteiger partial charge is 0.452 e. The number of carbonyl (C=O) groups excluding carboxylic acids is 4. The average molecular weight is 532 g/mol. The second kappa shape index (κ2) is 9.49. The van der Waals surface area contributed by atoms with Crippen molar-refractivity contribution < 1.29 is 23.9 Å². The Kier molecular flexibility index (Phi) is 6.67. The molecule has 0 aromatic heterocycles. The molecule has 3 amide bonds. The number of carbonyl (C=O) groups is 4. The summed E-state index contributed by atoms with van der Waals surface area (Å²) in [6.45, 7) is 1.28. The van der Waals surface area contributed by atoms with Crippen molar-refractivity contribution in [2.75, 3.05) is 16.8 Å². The minimum absolute atomic E-state index is 0.201. The molecule has 0 bridgehead atoms. The van der Waals surface area contributed by atoms with E-state index >= 15 is 0 Å².